The van der Waals surface area contributed by atoms with Crippen molar-refractivity contribution in [1.29, 1.82) is 0 Å². The maximum atomic E-state index is 13.5. The highest BCUT2D eigenvalue weighted by Gasteiger charge is 2.27. The highest BCUT2D eigenvalue weighted by atomic mass is 35.5. The van der Waals surface area contributed by atoms with Crippen LogP contribution in [0.5, 0.6) is 0 Å². The molecule has 2 aliphatic heterocycles. The van der Waals surface area contributed by atoms with Crippen LogP contribution < -0.4 is 5.32 Å². The Morgan fingerprint density at radius 1 is 1.17 bits per heavy atom. The van der Waals surface area contributed by atoms with Gasteiger partial charge < -0.3 is 9.88 Å². The molecule has 4 rings (SSSR count). The largest absolute Gasteiger partial charge is 0.312 e. The van der Waals surface area contributed by atoms with Gasteiger partial charge in [0, 0.05) is 30.6 Å². The van der Waals surface area contributed by atoms with Crippen molar-refractivity contribution in [3.8, 4) is 0 Å². The molecule has 0 unspecified atom stereocenters. The van der Waals surface area contributed by atoms with Gasteiger partial charge >= 0.3 is 0 Å². The normalized spacial score (nSPS) is 19.4. The fraction of sp³-hybridized carbons (Fsp3) is 0.529. The first-order valence-corrected chi connectivity index (χ1v) is 8.87. The minimum absolute atomic E-state index is 0.268. The lowest BCUT2D eigenvalue weighted by Gasteiger charge is -2.32. The summed E-state index contributed by atoms with van der Waals surface area (Å²) in [5.74, 6) is 2.39. The smallest absolute Gasteiger partial charge is 0.147 e. The molecule has 5 nitrogen and oxygen atoms in total. The van der Waals surface area contributed by atoms with Crippen molar-refractivity contribution in [2.24, 2.45) is 0 Å². The number of fused-ring (bicyclic) bond motifs is 1. The minimum atomic E-state index is -0.268. The molecule has 1 fully saturated rings. The second-order valence-electron chi connectivity index (χ2n) is 6.63. The number of likely N-dealkylation sites (tertiary alicyclic amines) is 1. The van der Waals surface area contributed by atoms with Crippen molar-refractivity contribution < 1.29 is 4.39 Å². The number of halogens is 2. The standard InChI is InChI=1S/C17H21ClFN5/c18-14-7-12(8-15(19)9-14)11-23-4-1-13(2-5-23)17-22-21-16-10-20-3-6-24(16)17/h7-9,13,20H,1-6,10-11H2. The topological polar surface area (TPSA) is 46.0 Å². The predicted octanol–water partition coefficient (Wildman–Crippen LogP) is 2.55. The second kappa shape index (κ2) is 6.78. The van der Waals surface area contributed by atoms with Crippen LogP contribution in [0.4, 0.5) is 4.39 Å². The molecule has 0 bridgehead atoms. The van der Waals surface area contributed by atoms with E-state index in [-0.39, 0.29) is 5.82 Å². The number of hydrogen-bond donors (Lipinski definition) is 1. The first-order valence-electron chi connectivity index (χ1n) is 8.49. The van der Waals surface area contributed by atoms with Crippen molar-refractivity contribution in [3.63, 3.8) is 0 Å². The van der Waals surface area contributed by atoms with Crippen molar-refractivity contribution in [2.75, 3.05) is 19.6 Å². The minimum Gasteiger partial charge on any atom is -0.312 e. The van der Waals surface area contributed by atoms with Gasteiger partial charge in [-0.2, -0.15) is 0 Å². The van der Waals surface area contributed by atoms with Gasteiger partial charge in [0.2, 0.25) is 0 Å². The Kier molecular flexibility index (Phi) is 4.52. The summed E-state index contributed by atoms with van der Waals surface area (Å²) in [5.41, 5.74) is 0.935. The highest BCUT2D eigenvalue weighted by Crippen LogP contribution is 2.28. The van der Waals surface area contributed by atoms with Crippen LogP contribution in [-0.2, 0) is 19.6 Å². The molecule has 1 saturated heterocycles. The second-order valence-corrected chi connectivity index (χ2v) is 7.07. The zero-order valence-corrected chi connectivity index (χ0v) is 14.3. The average molecular weight is 350 g/mol. The van der Waals surface area contributed by atoms with Crippen LogP contribution in [-0.4, -0.2) is 39.3 Å². The predicted molar refractivity (Wildman–Crippen MR) is 90.4 cm³/mol. The summed E-state index contributed by atoms with van der Waals surface area (Å²) in [6, 6.07) is 4.76. The summed E-state index contributed by atoms with van der Waals surface area (Å²) < 4.78 is 15.7. The molecule has 0 spiro atoms. The van der Waals surface area contributed by atoms with E-state index in [1.807, 2.05) is 6.07 Å². The maximum absolute atomic E-state index is 13.5. The molecule has 2 aromatic rings. The number of nitrogens with one attached hydrogen (secondary N) is 1. The first kappa shape index (κ1) is 16.0. The Labute approximate surface area is 145 Å². The van der Waals surface area contributed by atoms with Gasteiger partial charge in [-0.1, -0.05) is 11.6 Å². The molecule has 1 N–H and O–H groups in total. The van der Waals surface area contributed by atoms with Gasteiger partial charge in [0.1, 0.15) is 17.5 Å². The van der Waals surface area contributed by atoms with Crippen molar-refractivity contribution in [3.05, 3.63) is 46.3 Å². The van der Waals surface area contributed by atoms with E-state index in [1.54, 1.807) is 6.07 Å². The summed E-state index contributed by atoms with van der Waals surface area (Å²) in [4.78, 5) is 2.36. The van der Waals surface area contributed by atoms with Crippen molar-refractivity contribution in [1.82, 2.24) is 25.0 Å². The quantitative estimate of drug-likeness (QED) is 0.925. The molecule has 24 heavy (non-hydrogen) atoms. The lowest BCUT2D eigenvalue weighted by atomic mass is 9.95. The van der Waals surface area contributed by atoms with Crippen molar-refractivity contribution >= 4 is 11.6 Å². The van der Waals surface area contributed by atoms with Gasteiger partial charge in [0.05, 0.1) is 6.54 Å². The van der Waals surface area contributed by atoms with E-state index >= 15 is 0 Å². The Hall–Kier alpha value is -1.50. The molecule has 2 aliphatic rings. The van der Waals surface area contributed by atoms with E-state index in [0.29, 0.717) is 10.9 Å². The number of aromatic nitrogens is 3. The van der Waals surface area contributed by atoms with Gasteiger partial charge in [0.25, 0.3) is 0 Å². The van der Waals surface area contributed by atoms with E-state index in [9.17, 15) is 4.39 Å². The van der Waals surface area contributed by atoms with Gasteiger partial charge in [0.15, 0.2) is 0 Å². The van der Waals surface area contributed by atoms with Crippen LogP contribution in [0, 0.1) is 5.82 Å². The molecule has 128 valence electrons. The Morgan fingerprint density at radius 3 is 2.79 bits per heavy atom. The molecule has 0 amide bonds. The van der Waals surface area contributed by atoms with E-state index in [0.717, 1.165) is 69.3 Å². The maximum Gasteiger partial charge on any atom is 0.147 e. The number of hydrogen-bond acceptors (Lipinski definition) is 4. The summed E-state index contributed by atoms with van der Waals surface area (Å²) in [7, 11) is 0. The zero-order chi connectivity index (χ0) is 16.5. The number of rotatable bonds is 3. The van der Waals surface area contributed by atoms with E-state index in [1.165, 1.54) is 6.07 Å². The number of nitrogens with zero attached hydrogens (tertiary/aromatic N) is 4. The lowest BCUT2D eigenvalue weighted by Crippen LogP contribution is -2.34. The van der Waals surface area contributed by atoms with Crippen LogP contribution >= 0.6 is 11.6 Å². The molecule has 0 aliphatic carbocycles. The van der Waals surface area contributed by atoms with Gasteiger partial charge in [-0.3, -0.25) is 4.90 Å². The molecule has 0 radical (unpaired) electrons. The van der Waals surface area contributed by atoms with E-state index in [4.69, 9.17) is 11.6 Å². The highest BCUT2D eigenvalue weighted by molar-refractivity contribution is 6.30. The van der Waals surface area contributed by atoms with Crippen molar-refractivity contribution in [2.45, 2.75) is 38.4 Å². The SMILES string of the molecule is Fc1cc(Cl)cc(CN2CCC(c3nnc4n3CCNC4)CC2)c1. The first-order chi connectivity index (χ1) is 11.7. The number of benzene rings is 1. The summed E-state index contributed by atoms with van der Waals surface area (Å²) in [5, 5.41) is 12.5. The lowest BCUT2D eigenvalue weighted by molar-refractivity contribution is 0.199. The molecule has 3 heterocycles. The van der Waals surface area contributed by atoms with Crippen LogP contribution in [0.2, 0.25) is 5.02 Å². The van der Waals surface area contributed by atoms with Gasteiger partial charge in [-0.05, 0) is 49.7 Å². The molecule has 0 atom stereocenters. The third-order valence-electron chi connectivity index (χ3n) is 4.93. The van der Waals surface area contributed by atoms with Crippen LogP contribution in [0.25, 0.3) is 0 Å². The van der Waals surface area contributed by atoms with E-state index < -0.39 is 0 Å². The molecule has 0 saturated carbocycles. The fourth-order valence-corrected chi connectivity index (χ4v) is 3.97. The van der Waals surface area contributed by atoms with Crippen LogP contribution in [0.3, 0.4) is 0 Å². The fourth-order valence-electron chi connectivity index (χ4n) is 3.73. The molecule has 1 aromatic carbocycles. The summed E-state index contributed by atoms with van der Waals surface area (Å²) in [6.45, 7) is 5.47. The van der Waals surface area contributed by atoms with E-state index in [2.05, 4.69) is 25.0 Å². The Morgan fingerprint density at radius 2 is 2.00 bits per heavy atom. The Balaban J connectivity index is 1.39. The Bertz CT molecular complexity index is 704. The van der Waals surface area contributed by atoms with Gasteiger partial charge in [-0.15, -0.1) is 10.2 Å². The molecule has 7 heteroatoms. The molecular formula is C17H21ClFN5. The van der Waals surface area contributed by atoms with Crippen LogP contribution in [0.1, 0.15) is 36.0 Å². The summed E-state index contributed by atoms with van der Waals surface area (Å²) in [6.07, 6.45) is 2.13. The monoisotopic (exact) mass is 349 g/mol. The zero-order valence-electron chi connectivity index (χ0n) is 13.5. The molecular weight excluding hydrogens is 329 g/mol. The summed E-state index contributed by atoms with van der Waals surface area (Å²) >= 11 is 5.94. The third-order valence-corrected chi connectivity index (χ3v) is 5.15. The van der Waals surface area contributed by atoms with Gasteiger partial charge in [-0.25, -0.2) is 4.39 Å². The van der Waals surface area contributed by atoms with Crippen LogP contribution in [0.15, 0.2) is 18.2 Å². The number of piperidine rings is 1. The third kappa shape index (κ3) is 3.31. The molecule has 1 aromatic heterocycles. The average Bonchev–Trinajstić information content (AvgIpc) is 2.99.